The molecule has 6 aliphatic carbocycles. The SMILES string of the molecule is C.CC(=O)C12CC3CC(C1)N(C(=O)OC(C)(C)C)C(C3)C2.CC(C)(C)OC(=O)N1C2CC3CC(C2)CC1C3.CCOC.CON(C)C(=O)C12CC3CC(C1)N(C(=O)OC(C)(C)C)C(C3)C2.O=C=O. The van der Waals surface area contributed by atoms with E-state index in [1.807, 2.05) is 79.0 Å². The van der Waals surface area contributed by atoms with Gasteiger partial charge in [0.05, 0.1) is 12.5 Å². The molecule has 0 aromatic carbocycles. The van der Waals surface area contributed by atoms with Crippen LogP contribution in [-0.2, 0) is 43.0 Å². The van der Waals surface area contributed by atoms with E-state index in [-0.39, 0.29) is 78.4 Å². The van der Waals surface area contributed by atoms with Crippen LogP contribution in [0.2, 0.25) is 0 Å². The molecule has 0 aromatic rings. The Hall–Kier alpha value is -3.75. The van der Waals surface area contributed by atoms with Crippen molar-refractivity contribution in [2.75, 3.05) is 27.9 Å². The fourth-order valence-electron chi connectivity index (χ4n) is 13.7. The van der Waals surface area contributed by atoms with Crippen LogP contribution in [0.25, 0.3) is 0 Å². The second-order valence-electron chi connectivity index (χ2n) is 24.2. The molecule has 0 spiro atoms. The maximum absolute atomic E-state index is 12.8. The number of methoxy groups -OCH3 is 1. The van der Waals surface area contributed by atoms with E-state index in [1.54, 1.807) is 21.1 Å². The first-order valence-electron chi connectivity index (χ1n) is 25.0. The fourth-order valence-corrected chi connectivity index (χ4v) is 13.7. The Labute approximate surface area is 407 Å². The molecule has 4 unspecified atom stereocenters. The topological polar surface area (TPSA) is 179 Å². The molecule has 0 radical (unpaired) electrons. The average molecular weight is 961 g/mol. The molecule has 12 rings (SSSR count). The number of nitrogens with zero attached hydrogens (tertiary/aromatic N) is 4. The lowest BCUT2D eigenvalue weighted by atomic mass is 9.54. The third-order valence-electron chi connectivity index (χ3n) is 15.6. The van der Waals surface area contributed by atoms with E-state index in [0.717, 1.165) is 82.7 Å². The summed E-state index contributed by atoms with van der Waals surface area (Å²) in [7, 11) is 4.87. The molecule has 6 aliphatic heterocycles. The Bertz CT molecular complexity index is 1750. The van der Waals surface area contributed by atoms with Crippen molar-refractivity contribution in [3.8, 4) is 0 Å². The van der Waals surface area contributed by atoms with Crippen LogP contribution in [0.3, 0.4) is 0 Å². The lowest BCUT2D eigenvalue weighted by Crippen LogP contribution is -2.66. The first-order valence-corrected chi connectivity index (χ1v) is 25.0. The largest absolute Gasteiger partial charge is 0.444 e. The van der Waals surface area contributed by atoms with Gasteiger partial charge in [-0.1, -0.05) is 7.43 Å². The van der Waals surface area contributed by atoms with Gasteiger partial charge in [-0.3, -0.25) is 14.4 Å². The maximum Gasteiger partial charge on any atom is 0.410 e. The quantitative estimate of drug-likeness (QED) is 0.193. The van der Waals surface area contributed by atoms with Gasteiger partial charge in [0.1, 0.15) is 22.6 Å². The number of hydroxylamine groups is 2. The molecule has 68 heavy (non-hydrogen) atoms. The molecule has 12 aliphatic rings. The van der Waals surface area contributed by atoms with E-state index in [2.05, 4.69) is 9.64 Å². The van der Waals surface area contributed by atoms with Gasteiger partial charge in [-0.05, 0) is 196 Å². The van der Waals surface area contributed by atoms with Crippen molar-refractivity contribution in [1.29, 1.82) is 0 Å². The highest BCUT2D eigenvalue weighted by Gasteiger charge is 2.61. The van der Waals surface area contributed by atoms with Gasteiger partial charge in [-0.15, -0.1) is 0 Å². The molecule has 6 saturated heterocycles. The van der Waals surface area contributed by atoms with Crippen LogP contribution in [0, 0.1) is 34.5 Å². The summed E-state index contributed by atoms with van der Waals surface area (Å²) < 4.78 is 21.2. The van der Waals surface area contributed by atoms with Gasteiger partial charge in [-0.2, -0.15) is 9.59 Å². The Morgan fingerprint density at radius 3 is 1.09 bits per heavy atom. The normalized spacial score (nSPS) is 33.9. The molecule has 0 aromatic heterocycles. The van der Waals surface area contributed by atoms with Crippen LogP contribution >= 0.6 is 0 Å². The molecule has 16 heteroatoms. The third kappa shape index (κ3) is 13.4. The zero-order valence-corrected chi connectivity index (χ0v) is 43.3. The van der Waals surface area contributed by atoms with Crippen LogP contribution in [0.15, 0.2) is 0 Å². The number of Topliss-reactive ketones (excluding diaryl/α,β-unsaturated/α-hetero) is 1. The molecule has 12 bridgehead atoms. The molecule has 4 amide bonds. The molecule has 0 N–H and O–H groups in total. The summed E-state index contributed by atoms with van der Waals surface area (Å²) in [5.41, 5.74) is -1.82. The van der Waals surface area contributed by atoms with Crippen molar-refractivity contribution in [2.24, 2.45) is 34.5 Å². The minimum Gasteiger partial charge on any atom is -0.444 e. The van der Waals surface area contributed by atoms with E-state index in [9.17, 15) is 24.0 Å². The van der Waals surface area contributed by atoms with Gasteiger partial charge >= 0.3 is 24.4 Å². The smallest absolute Gasteiger partial charge is 0.410 e. The van der Waals surface area contributed by atoms with E-state index in [1.165, 1.54) is 44.3 Å². The monoisotopic (exact) mass is 961 g/mol. The maximum atomic E-state index is 12.8. The van der Waals surface area contributed by atoms with Crippen molar-refractivity contribution in [1.82, 2.24) is 19.8 Å². The van der Waals surface area contributed by atoms with Gasteiger partial charge in [0.25, 0.3) is 5.91 Å². The van der Waals surface area contributed by atoms with Crippen LogP contribution in [-0.4, -0.2) is 137 Å². The van der Waals surface area contributed by atoms with Crippen molar-refractivity contribution in [2.45, 2.75) is 233 Å². The Kier molecular flexibility index (Phi) is 18.5. The molecule has 388 valence electrons. The number of ketones is 1. The van der Waals surface area contributed by atoms with Crippen molar-refractivity contribution in [3.63, 3.8) is 0 Å². The number of hydrogen-bond donors (Lipinski definition) is 0. The molecule has 4 atom stereocenters. The van der Waals surface area contributed by atoms with Crippen LogP contribution < -0.4 is 0 Å². The predicted molar refractivity (Wildman–Crippen MR) is 255 cm³/mol. The van der Waals surface area contributed by atoms with E-state index in [4.69, 9.17) is 28.6 Å². The first kappa shape index (κ1) is 56.8. The summed E-state index contributed by atoms with van der Waals surface area (Å²) in [6.45, 7) is 21.7. The van der Waals surface area contributed by atoms with E-state index < -0.39 is 11.2 Å². The van der Waals surface area contributed by atoms with Crippen molar-refractivity contribution in [3.05, 3.63) is 0 Å². The van der Waals surface area contributed by atoms with Crippen LogP contribution in [0.5, 0.6) is 0 Å². The summed E-state index contributed by atoms with van der Waals surface area (Å²) in [5, 5.41) is 1.35. The second-order valence-corrected chi connectivity index (χ2v) is 24.2. The molecule has 12 fully saturated rings. The molecular formula is C52H88N4O12. The van der Waals surface area contributed by atoms with Gasteiger partial charge in [0, 0.05) is 62.4 Å². The highest BCUT2D eigenvalue weighted by Crippen LogP contribution is 2.58. The van der Waals surface area contributed by atoms with Gasteiger partial charge < -0.3 is 33.6 Å². The number of ether oxygens (including phenoxy) is 4. The summed E-state index contributed by atoms with van der Waals surface area (Å²) in [6, 6.07) is 1.60. The Morgan fingerprint density at radius 2 is 0.809 bits per heavy atom. The Balaban J connectivity index is 0.000000208. The number of amides is 4. The summed E-state index contributed by atoms with van der Waals surface area (Å²) >= 11 is 0. The van der Waals surface area contributed by atoms with Gasteiger partial charge in [0.15, 0.2) is 0 Å². The number of hydrogen-bond acceptors (Lipinski definition) is 12. The average Bonchev–Trinajstić information content (AvgIpc) is 3.18. The first-order chi connectivity index (χ1) is 31.1. The lowest BCUT2D eigenvalue weighted by molar-refractivity contribution is -0.196. The lowest BCUT2D eigenvalue weighted by Gasteiger charge is -2.60. The van der Waals surface area contributed by atoms with Crippen molar-refractivity contribution >= 4 is 36.1 Å². The Morgan fingerprint density at radius 1 is 0.529 bits per heavy atom. The van der Waals surface area contributed by atoms with Crippen LogP contribution in [0.1, 0.15) is 180 Å². The number of piperidine rings is 6. The second kappa shape index (κ2) is 22.1. The van der Waals surface area contributed by atoms with Crippen molar-refractivity contribution < 1.29 is 57.3 Å². The molecule has 6 saturated carbocycles. The van der Waals surface area contributed by atoms with E-state index in [0.29, 0.717) is 29.7 Å². The number of carbonyl (C=O) groups is 5. The summed E-state index contributed by atoms with van der Waals surface area (Å²) in [5.74, 6) is 3.30. The molecule has 16 nitrogen and oxygen atoms in total. The molecule has 6 heterocycles. The van der Waals surface area contributed by atoms with E-state index >= 15 is 0 Å². The predicted octanol–water partition coefficient (Wildman–Crippen LogP) is 9.61. The highest BCUT2D eigenvalue weighted by molar-refractivity contribution is 5.84. The zero-order chi connectivity index (χ0) is 50.0. The van der Waals surface area contributed by atoms with Crippen LogP contribution in [0.4, 0.5) is 14.4 Å². The zero-order valence-electron chi connectivity index (χ0n) is 43.3. The number of rotatable bonds is 4. The fraction of sp³-hybridized carbons (Fsp3) is 0.885. The summed E-state index contributed by atoms with van der Waals surface area (Å²) in [4.78, 5) is 89.5. The third-order valence-corrected chi connectivity index (χ3v) is 15.6. The number of carbonyl (C=O) groups excluding carboxylic acids is 7. The van der Waals surface area contributed by atoms with Gasteiger partial charge in [0.2, 0.25) is 0 Å². The standard InChI is InChI=1S/C17H28N2O4.C16H25NO3.C14H23NO2.C3H8O.CO2.CH4/c1-16(2,3)23-15(21)19-12-6-11-7-13(19)10-17(8-11,9-12)14(20)18(4)22-5;1-10(18)16-7-11-5-12(8-16)17(13(6-11)9-16)14(19)20-15(2,3)4;1-14(2,3)17-13(16)15-11-5-9-4-10(7-11)8-12(15)6-9;1-3-4-2;2-1-3;/h11-13H,6-10H2,1-5H3;11-13H,5-9H2,1-4H3;9-12H,4-8H2,1-3H3;3H2,1-2H3;;1H4. The van der Waals surface area contributed by atoms with Gasteiger partial charge in [-0.25, -0.2) is 19.4 Å². The molecular weight excluding hydrogens is 873 g/mol. The minimum absolute atomic E-state index is 0. The highest BCUT2D eigenvalue weighted by atomic mass is 16.7. The summed E-state index contributed by atoms with van der Waals surface area (Å²) in [6.07, 6.45) is 15.2. The minimum atomic E-state index is -0.491.